The third kappa shape index (κ3) is 3.66. The second-order valence-corrected chi connectivity index (χ2v) is 6.91. The Morgan fingerprint density at radius 3 is 2.60 bits per heavy atom. The number of carbonyl (C=O) groups excluding carboxylic acids is 2. The fourth-order valence-electron chi connectivity index (χ4n) is 2.38. The van der Waals surface area contributed by atoms with Crippen molar-refractivity contribution in [2.24, 2.45) is 10.8 Å². The van der Waals surface area contributed by atoms with Gasteiger partial charge in [-0.1, -0.05) is 43.4 Å². The maximum Gasteiger partial charge on any atom is 0.273 e. The molecule has 0 aliphatic carbocycles. The highest BCUT2D eigenvalue weighted by Gasteiger charge is 2.35. The fourth-order valence-corrected chi connectivity index (χ4v) is 3.12. The first-order valence-electron chi connectivity index (χ1n) is 7.81. The van der Waals surface area contributed by atoms with E-state index in [4.69, 9.17) is 5.73 Å². The summed E-state index contributed by atoms with van der Waals surface area (Å²) in [5.74, 6) is -0.704. The molecule has 2 heterocycles. The second kappa shape index (κ2) is 6.98. The summed E-state index contributed by atoms with van der Waals surface area (Å²) in [6.45, 7) is 4.00. The van der Waals surface area contributed by atoms with E-state index in [1.54, 1.807) is 12.1 Å². The molecule has 0 bridgehead atoms. The zero-order valence-electron chi connectivity index (χ0n) is 13.8. The number of hydrogen-bond donors (Lipinski definition) is 2. The minimum Gasteiger partial charge on any atom is -0.368 e. The molecule has 1 aromatic heterocycles. The number of hydrazone groups is 1. The summed E-state index contributed by atoms with van der Waals surface area (Å²) in [6, 6.07) is 8.44. The van der Waals surface area contributed by atoms with Crippen molar-refractivity contribution in [2.75, 3.05) is 10.3 Å². The molecule has 130 valence electrons. The molecule has 3 rings (SSSR count). The number of nitrogens with one attached hydrogen (secondary N) is 1. The number of para-hydroxylation sites is 1. The molecule has 1 aliphatic rings. The Balaban J connectivity index is 1.78. The van der Waals surface area contributed by atoms with Gasteiger partial charge in [-0.25, -0.2) is 0 Å². The maximum atomic E-state index is 12.5. The Morgan fingerprint density at radius 2 is 2.00 bits per heavy atom. The molecule has 0 saturated carbocycles. The zero-order chi connectivity index (χ0) is 18.0. The Morgan fingerprint density at radius 1 is 1.28 bits per heavy atom. The molecule has 1 aliphatic heterocycles. The minimum absolute atomic E-state index is 0.145. The topological polar surface area (TPSA) is 114 Å². The molecule has 0 saturated heterocycles. The van der Waals surface area contributed by atoms with E-state index in [9.17, 15) is 9.59 Å². The number of nitrogens with two attached hydrogens (primary N) is 1. The number of hydrogen-bond acceptors (Lipinski definition) is 7. The van der Waals surface area contributed by atoms with Crippen molar-refractivity contribution >= 4 is 39.7 Å². The average Bonchev–Trinajstić information content (AvgIpc) is 3.22. The van der Waals surface area contributed by atoms with Crippen LogP contribution in [0.1, 0.15) is 31.2 Å². The summed E-state index contributed by atoms with van der Waals surface area (Å²) in [4.78, 5) is 24.2. The molecule has 2 amide bonds. The van der Waals surface area contributed by atoms with Gasteiger partial charge in [0.25, 0.3) is 5.91 Å². The lowest BCUT2D eigenvalue weighted by Crippen LogP contribution is -2.39. The van der Waals surface area contributed by atoms with E-state index in [0.717, 1.165) is 5.01 Å². The molecule has 0 radical (unpaired) electrons. The van der Waals surface area contributed by atoms with Crippen LogP contribution in [-0.2, 0) is 9.59 Å². The van der Waals surface area contributed by atoms with Gasteiger partial charge in [-0.3, -0.25) is 19.9 Å². The summed E-state index contributed by atoms with van der Waals surface area (Å²) in [5, 5.41) is 17.7. The largest absolute Gasteiger partial charge is 0.368 e. The highest BCUT2D eigenvalue weighted by atomic mass is 32.1. The van der Waals surface area contributed by atoms with Crippen LogP contribution in [0.2, 0.25) is 0 Å². The van der Waals surface area contributed by atoms with Crippen molar-refractivity contribution in [3.05, 3.63) is 35.3 Å². The van der Waals surface area contributed by atoms with Gasteiger partial charge in [-0.05, 0) is 12.1 Å². The second-order valence-electron chi connectivity index (χ2n) is 5.90. The molecule has 1 unspecified atom stereocenters. The molecule has 0 spiro atoms. The fraction of sp³-hybridized carbons (Fsp3) is 0.312. The lowest BCUT2D eigenvalue weighted by Gasteiger charge is -2.20. The Hall–Kier alpha value is -2.81. The normalized spacial score (nSPS) is 16.8. The number of benzene rings is 1. The molecule has 1 atom stereocenters. The van der Waals surface area contributed by atoms with E-state index in [2.05, 4.69) is 20.6 Å². The molecule has 25 heavy (non-hydrogen) atoms. The SMILES string of the molecule is CC(C)c1nnc(NC(=O)C2=NN(c3ccccc3)C(C(N)=O)C2)s1. The van der Waals surface area contributed by atoms with Gasteiger partial charge in [0.05, 0.1) is 5.69 Å². The molecule has 0 fully saturated rings. The van der Waals surface area contributed by atoms with Gasteiger partial charge < -0.3 is 5.73 Å². The monoisotopic (exact) mass is 358 g/mol. The van der Waals surface area contributed by atoms with Crippen molar-refractivity contribution in [3.63, 3.8) is 0 Å². The Labute approximate surface area is 148 Å². The van der Waals surface area contributed by atoms with Gasteiger partial charge in [0.15, 0.2) is 0 Å². The smallest absolute Gasteiger partial charge is 0.273 e. The van der Waals surface area contributed by atoms with E-state index in [0.29, 0.717) is 10.8 Å². The average molecular weight is 358 g/mol. The predicted octanol–water partition coefficient (Wildman–Crippen LogP) is 1.72. The Bertz CT molecular complexity index is 817. The van der Waals surface area contributed by atoms with Gasteiger partial charge in [-0.2, -0.15) is 5.10 Å². The predicted molar refractivity (Wildman–Crippen MR) is 96.6 cm³/mol. The van der Waals surface area contributed by atoms with Gasteiger partial charge in [0.1, 0.15) is 16.8 Å². The third-order valence-corrected chi connectivity index (χ3v) is 4.82. The van der Waals surface area contributed by atoms with E-state index in [1.807, 2.05) is 32.0 Å². The lowest BCUT2D eigenvalue weighted by molar-refractivity contribution is -0.119. The van der Waals surface area contributed by atoms with Crippen LogP contribution in [0.25, 0.3) is 0 Å². The molecule has 3 N–H and O–H groups in total. The number of anilines is 2. The molecule has 1 aromatic carbocycles. The van der Waals surface area contributed by atoms with Gasteiger partial charge in [-0.15, -0.1) is 10.2 Å². The van der Waals surface area contributed by atoms with E-state index < -0.39 is 17.9 Å². The Kier molecular flexibility index (Phi) is 4.75. The van der Waals surface area contributed by atoms with Crippen molar-refractivity contribution in [1.29, 1.82) is 0 Å². The number of nitrogens with zero attached hydrogens (tertiary/aromatic N) is 4. The molecule has 2 aromatic rings. The van der Waals surface area contributed by atoms with Crippen molar-refractivity contribution in [2.45, 2.75) is 32.2 Å². The van der Waals surface area contributed by atoms with Crippen molar-refractivity contribution in [1.82, 2.24) is 10.2 Å². The number of amides is 2. The number of carbonyl (C=O) groups is 2. The van der Waals surface area contributed by atoms with Crippen molar-refractivity contribution in [3.8, 4) is 0 Å². The quantitative estimate of drug-likeness (QED) is 0.845. The van der Waals surface area contributed by atoms with E-state index >= 15 is 0 Å². The van der Waals surface area contributed by atoms with Crippen LogP contribution < -0.4 is 16.1 Å². The maximum absolute atomic E-state index is 12.5. The summed E-state index contributed by atoms with van der Waals surface area (Å²) in [7, 11) is 0. The van der Waals surface area contributed by atoms with E-state index in [-0.39, 0.29) is 18.1 Å². The molecular formula is C16H18N6O2S. The zero-order valence-corrected chi connectivity index (χ0v) is 14.7. The number of rotatable bonds is 5. The van der Waals surface area contributed by atoms with Crippen molar-refractivity contribution < 1.29 is 9.59 Å². The minimum atomic E-state index is -0.691. The van der Waals surface area contributed by atoms with E-state index in [1.165, 1.54) is 16.3 Å². The highest BCUT2D eigenvalue weighted by molar-refractivity contribution is 7.15. The first kappa shape index (κ1) is 17.0. The van der Waals surface area contributed by atoms with Gasteiger partial charge >= 0.3 is 0 Å². The van der Waals surface area contributed by atoms with Gasteiger partial charge in [0.2, 0.25) is 11.0 Å². The number of primary amides is 1. The number of aromatic nitrogens is 2. The molecular weight excluding hydrogens is 340 g/mol. The van der Waals surface area contributed by atoms with Crippen LogP contribution in [-0.4, -0.2) is 33.8 Å². The van der Waals surface area contributed by atoms with Crippen LogP contribution in [0.15, 0.2) is 35.4 Å². The molecule has 9 heteroatoms. The summed E-state index contributed by atoms with van der Waals surface area (Å²) < 4.78 is 0. The first-order chi connectivity index (χ1) is 12.0. The highest BCUT2D eigenvalue weighted by Crippen LogP contribution is 2.26. The third-order valence-electron chi connectivity index (χ3n) is 3.68. The van der Waals surface area contributed by atoms with Gasteiger partial charge in [0, 0.05) is 12.3 Å². The first-order valence-corrected chi connectivity index (χ1v) is 8.63. The van der Waals surface area contributed by atoms with Crippen LogP contribution in [0.3, 0.4) is 0 Å². The van der Waals surface area contributed by atoms with Crippen LogP contribution in [0.4, 0.5) is 10.8 Å². The van der Waals surface area contributed by atoms with Crippen LogP contribution >= 0.6 is 11.3 Å². The summed E-state index contributed by atoms with van der Waals surface area (Å²) >= 11 is 1.32. The van der Waals surface area contributed by atoms with Crippen LogP contribution in [0, 0.1) is 0 Å². The standard InChI is InChI=1S/C16H18N6O2S/c1-9(2)15-19-20-16(25-15)18-14(24)11-8-12(13(17)23)22(21-11)10-6-4-3-5-7-10/h3-7,9,12H,8H2,1-2H3,(H2,17,23)(H,18,20,24). The lowest BCUT2D eigenvalue weighted by atomic mass is 10.1. The van der Waals surface area contributed by atoms with Crippen LogP contribution in [0.5, 0.6) is 0 Å². The summed E-state index contributed by atoms with van der Waals surface area (Å²) in [5.41, 5.74) is 6.40. The molecule has 8 nitrogen and oxygen atoms in total. The summed E-state index contributed by atoms with van der Waals surface area (Å²) in [6.07, 6.45) is 0.145.